The van der Waals surface area contributed by atoms with E-state index in [-0.39, 0.29) is 15.9 Å². The van der Waals surface area contributed by atoms with Crippen molar-refractivity contribution in [2.24, 2.45) is 16.7 Å². The van der Waals surface area contributed by atoms with Gasteiger partial charge in [-0.2, -0.15) is 0 Å². The maximum atomic E-state index is 9.92. The van der Waals surface area contributed by atoms with Crippen molar-refractivity contribution in [1.82, 2.24) is 0 Å². The van der Waals surface area contributed by atoms with Gasteiger partial charge in [0.15, 0.2) is 8.32 Å². The second kappa shape index (κ2) is 5.44. The summed E-state index contributed by atoms with van der Waals surface area (Å²) in [7, 11) is -1.72. The molecule has 0 aromatic heterocycles. The van der Waals surface area contributed by atoms with E-state index >= 15 is 0 Å². The Bertz CT molecular complexity index is 498. The third kappa shape index (κ3) is 2.77. The molecule has 3 aliphatic carbocycles. The Morgan fingerprint density at radius 3 is 2.43 bits per heavy atom. The fraction of sp³-hybridized carbons (Fsp3) is 0.900. The lowest BCUT2D eigenvalue weighted by Crippen LogP contribution is -2.50. The fourth-order valence-corrected chi connectivity index (χ4v) is 6.27. The van der Waals surface area contributed by atoms with Gasteiger partial charge in [0.2, 0.25) is 0 Å². The number of hydrogen-bond donors (Lipinski definition) is 1. The Labute approximate surface area is 143 Å². The Balaban J connectivity index is 1.80. The van der Waals surface area contributed by atoms with Crippen LogP contribution in [0, 0.1) is 16.7 Å². The standard InChI is InChI=1S/C20H36O2Si/c1-18(2,3)23(5,6)22-16-8-7-11-19(4)15(16)9-10-17(19)20(14-21)12-13-20/h10,15-16,21H,7-9,11-14H2,1-6H3/t15-,16-,19+/m0/s1. The quantitative estimate of drug-likeness (QED) is 0.558. The number of aliphatic hydroxyl groups excluding tert-OH is 1. The fourth-order valence-electron chi connectivity index (χ4n) is 4.87. The minimum absolute atomic E-state index is 0.141. The van der Waals surface area contributed by atoms with Crippen molar-refractivity contribution in [3.05, 3.63) is 11.6 Å². The van der Waals surface area contributed by atoms with Crippen LogP contribution < -0.4 is 0 Å². The lowest BCUT2D eigenvalue weighted by molar-refractivity contribution is 0.0127. The molecule has 0 aromatic carbocycles. The van der Waals surface area contributed by atoms with E-state index in [1.54, 1.807) is 5.57 Å². The molecule has 2 nitrogen and oxygen atoms in total. The van der Waals surface area contributed by atoms with Gasteiger partial charge in [-0.25, -0.2) is 0 Å². The molecule has 0 aromatic rings. The molecule has 2 saturated carbocycles. The predicted octanol–water partition coefficient (Wildman–Crippen LogP) is 5.29. The molecule has 132 valence electrons. The summed E-state index contributed by atoms with van der Waals surface area (Å²) < 4.78 is 6.88. The molecule has 0 saturated heterocycles. The Morgan fingerprint density at radius 2 is 1.91 bits per heavy atom. The average Bonchev–Trinajstić information content (AvgIpc) is 3.13. The molecule has 0 spiro atoms. The van der Waals surface area contributed by atoms with Gasteiger partial charge in [-0.1, -0.05) is 45.8 Å². The smallest absolute Gasteiger partial charge is 0.192 e. The number of rotatable bonds is 4. The van der Waals surface area contributed by atoms with Crippen LogP contribution in [0.2, 0.25) is 18.1 Å². The van der Waals surface area contributed by atoms with Crippen LogP contribution in [-0.2, 0) is 4.43 Å². The van der Waals surface area contributed by atoms with Crippen molar-refractivity contribution < 1.29 is 9.53 Å². The third-order valence-electron chi connectivity index (χ3n) is 7.62. The van der Waals surface area contributed by atoms with Crippen LogP contribution in [0.1, 0.15) is 66.2 Å². The second-order valence-electron chi connectivity index (χ2n) is 10.1. The summed E-state index contributed by atoms with van der Waals surface area (Å²) in [5.74, 6) is 0.629. The van der Waals surface area contributed by atoms with Crippen molar-refractivity contribution >= 4 is 8.32 Å². The Kier molecular flexibility index (Phi) is 4.18. The van der Waals surface area contributed by atoms with E-state index in [1.165, 1.54) is 32.1 Å². The first-order chi connectivity index (χ1) is 10.6. The zero-order valence-electron chi connectivity index (χ0n) is 16.0. The highest BCUT2D eigenvalue weighted by atomic mass is 28.4. The second-order valence-corrected chi connectivity index (χ2v) is 14.9. The van der Waals surface area contributed by atoms with Gasteiger partial charge in [-0.3, -0.25) is 0 Å². The van der Waals surface area contributed by atoms with E-state index in [9.17, 15) is 5.11 Å². The van der Waals surface area contributed by atoms with Crippen molar-refractivity contribution in [1.29, 1.82) is 0 Å². The molecule has 1 N–H and O–H groups in total. The normalized spacial score (nSPS) is 36.6. The largest absolute Gasteiger partial charge is 0.414 e. The minimum atomic E-state index is -1.72. The van der Waals surface area contributed by atoms with Crippen LogP contribution in [0.5, 0.6) is 0 Å². The molecule has 0 amide bonds. The molecule has 3 heteroatoms. The van der Waals surface area contributed by atoms with Crippen LogP contribution >= 0.6 is 0 Å². The van der Waals surface area contributed by atoms with Gasteiger partial charge in [0.1, 0.15) is 0 Å². The summed E-state index contributed by atoms with van der Waals surface area (Å²) in [5, 5.41) is 10.2. The van der Waals surface area contributed by atoms with Crippen LogP contribution in [-0.4, -0.2) is 26.1 Å². The maximum Gasteiger partial charge on any atom is 0.192 e. The van der Waals surface area contributed by atoms with Crippen LogP contribution in [0.3, 0.4) is 0 Å². The van der Waals surface area contributed by atoms with Crippen LogP contribution in [0.15, 0.2) is 11.6 Å². The molecule has 0 heterocycles. The summed E-state index contributed by atoms with van der Waals surface area (Å²) >= 11 is 0. The first-order valence-electron chi connectivity index (χ1n) is 9.56. The summed E-state index contributed by atoms with van der Waals surface area (Å²) in [6.45, 7) is 14.6. The predicted molar refractivity (Wildman–Crippen MR) is 99.0 cm³/mol. The molecule has 3 rings (SSSR count). The van der Waals surface area contributed by atoms with E-state index in [2.05, 4.69) is 46.9 Å². The SMILES string of the molecule is CC(C)(C)[Si](C)(C)O[C@H]1CCC[C@@]2(C)C(C3(CO)CC3)=CC[C@@H]12. The minimum Gasteiger partial charge on any atom is -0.414 e. The molecule has 0 aliphatic heterocycles. The highest BCUT2D eigenvalue weighted by Crippen LogP contribution is 2.65. The van der Waals surface area contributed by atoms with Crippen LogP contribution in [0.4, 0.5) is 0 Å². The highest BCUT2D eigenvalue weighted by molar-refractivity contribution is 6.74. The van der Waals surface area contributed by atoms with Crippen molar-refractivity contribution in [3.8, 4) is 0 Å². The first-order valence-corrected chi connectivity index (χ1v) is 12.5. The molecule has 3 atom stereocenters. The summed E-state index contributed by atoms with van der Waals surface area (Å²) in [5.41, 5.74) is 1.99. The number of fused-ring (bicyclic) bond motifs is 1. The van der Waals surface area contributed by atoms with Crippen LogP contribution in [0.25, 0.3) is 0 Å². The molecule has 3 aliphatic rings. The average molecular weight is 337 g/mol. The van der Waals surface area contributed by atoms with Crippen molar-refractivity contribution in [3.63, 3.8) is 0 Å². The van der Waals surface area contributed by atoms with E-state index < -0.39 is 8.32 Å². The Morgan fingerprint density at radius 1 is 1.26 bits per heavy atom. The van der Waals surface area contributed by atoms with Gasteiger partial charge in [0, 0.05) is 11.5 Å². The number of allylic oxidation sites excluding steroid dienone is 1. The molecule has 23 heavy (non-hydrogen) atoms. The zero-order chi connectivity index (χ0) is 17.1. The van der Waals surface area contributed by atoms with E-state index in [0.29, 0.717) is 18.6 Å². The molecule has 2 fully saturated rings. The molecule has 0 bridgehead atoms. The van der Waals surface area contributed by atoms with Gasteiger partial charge in [-0.05, 0) is 61.6 Å². The third-order valence-corrected chi connectivity index (χ3v) is 12.1. The number of hydrogen-bond acceptors (Lipinski definition) is 2. The van der Waals surface area contributed by atoms with E-state index in [0.717, 1.165) is 6.42 Å². The summed E-state index contributed by atoms with van der Waals surface area (Å²) in [6.07, 6.45) is 10.2. The maximum absolute atomic E-state index is 9.92. The van der Waals surface area contributed by atoms with Gasteiger partial charge in [-0.15, -0.1) is 0 Å². The van der Waals surface area contributed by atoms with E-state index in [4.69, 9.17) is 4.43 Å². The van der Waals surface area contributed by atoms with Crippen molar-refractivity contribution in [2.75, 3.05) is 6.61 Å². The number of aliphatic hydroxyl groups is 1. The van der Waals surface area contributed by atoms with Gasteiger partial charge in [0.25, 0.3) is 0 Å². The van der Waals surface area contributed by atoms with Gasteiger partial charge < -0.3 is 9.53 Å². The monoisotopic (exact) mass is 336 g/mol. The molecular weight excluding hydrogens is 300 g/mol. The summed E-state index contributed by atoms with van der Waals surface area (Å²) in [6, 6.07) is 0. The molecule has 0 unspecified atom stereocenters. The van der Waals surface area contributed by atoms with Gasteiger partial charge in [0.05, 0.1) is 6.61 Å². The highest BCUT2D eigenvalue weighted by Gasteiger charge is 2.58. The first kappa shape index (κ1) is 17.7. The van der Waals surface area contributed by atoms with Crippen molar-refractivity contribution in [2.45, 2.75) is 90.5 Å². The Hall–Kier alpha value is -0.123. The lowest BCUT2D eigenvalue weighted by atomic mass is 9.62. The molecule has 0 radical (unpaired) electrons. The summed E-state index contributed by atoms with van der Waals surface area (Å²) in [4.78, 5) is 0. The van der Waals surface area contributed by atoms with Gasteiger partial charge >= 0.3 is 0 Å². The topological polar surface area (TPSA) is 29.5 Å². The van der Waals surface area contributed by atoms with E-state index in [1.807, 2.05) is 0 Å². The lowest BCUT2D eigenvalue weighted by Gasteiger charge is -2.49. The zero-order valence-corrected chi connectivity index (χ0v) is 17.0. The molecular formula is C20H36O2Si.